The van der Waals surface area contributed by atoms with Crippen molar-refractivity contribution in [3.05, 3.63) is 53.1 Å². The minimum absolute atomic E-state index is 0.0244. The van der Waals surface area contributed by atoms with E-state index in [9.17, 15) is 14.4 Å². The molecule has 0 heterocycles. The number of rotatable bonds is 17. The molecule has 1 unspecified atom stereocenters. The molecule has 226 valence electrons. The number of carbonyl (C=O) groups is 3. The first-order valence-corrected chi connectivity index (χ1v) is 14.5. The van der Waals surface area contributed by atoms with Gasteiger partial charge in [0.2, 0.25) is 5.91 Å². The monoisotopic (exact) mass is 569 g/mol. The topological polar surface area (TPSA) is 111 Å². The Bertz CT molecular complexity index is 1150. The number of carboxylic acids is 1. The Hall–Kier alpha value is -3.55. The second kappa shape index (κ2) is 16.7. The number of aryl methyl sites for hydroxylation is 1. The van der Waals surface area contributed by atoms with Gasteiger partial charge in [-0.1, -0.05) is 71.2 Å². The number of benzene rings is 2. The van der Waals surface area contributed by atoms with E-state index in [4.69, 9.17) is 19.3 Å². The van der Waals surface area contributed by atoms with Gasteiger partial charge in [-0.05, 0) is 53.9 Å². The predicted molar refractivity (Wildman–Crippen MR) is 161 cm³/mol. The molecule has 0 fully saturated rings. The molecule has 8 heteroatoms. The molecule has 0 aromatic heterocycles. The third kappa shape index (κ3) is 11.1. The zero-order valence-corrected chi connectivity index (χ0v) is 25.5. The van der Waals surface area contributed by atoms with Crippen LogP contribution >= 0.6 is 0 Å². The Kier molecular flexibility index (Phi) is 13.7. The fourth-order valence-corrected chi connectivity index (χ4v) is 4.91. The molecule has 2 aromatic carbocycles. The highest BCUT2D eigenvalue weighted by Crippen LogP contribution is 2.39. The zero-order valence-electron chi connectivity index (χ0n) is 25.5. The molecule has 8 nitrogen and oxygen atoms in total. The second-order valence-electron chi connectivity index (χ2n) is 11.4. The van der Waals surface area contributed by atoms with Gasteiger partial charge in [0, 0.05) is 17.7 Å². The molecule has 0 saturated carbocycles. The molecule has 2 N–H and O–H groups in total. The average molecular weight is 570 g/mol. The Morgan fingerprint density at radius 1 is 0.976 bits per heavy atom. The number of carboxylic acid groups (broad SMARTS) is 1. The quantitative estimate of drug-likeness (QED) is 0.155. The van der Waals surface area contributed by atoms with Crippen LogP contribution in [-0.2, 0) is 31.0 Å². The fraction of sp³-hybridized carbons (Fsp3) is 0.545. The van der Waals surface area contributed by atoms with Crippen LogP contribution < -0.4 is 14.8 Å². The first kappa shape index (κ1) is 33.7. The van der Waals surface area contributed by atoms with Gasteiger partial charge >= 0.3 is 11.9 Å². The number of carbonyl (C=O) groups excluding carboxylic acids is 2. The van der Waals surface area contributed by atoms with Gasteiger partial charge < -0.3 is 24.6 Å². The van der Waals surface area contributed by atoms with Gasteiger partial charge in [-0.15, -0.1) is 0 Å². The molecular formula is C33H47NO7. The first-order valence-electron chi connectivity index (χ1n) is 14.5. The third-order valence-electron chi connectivity index (χ3n) is 7.04. The summed E-state index contributed by atoms with van der Waals surface area (Å²) in [5.74, 6) is -0.295. The molecule has 1 atom stereocenters. The maximum absolute atomic E-state index is 13.5. The number of unbranched alkanes of at least 4 members (excludes halogenated alkanes) is 2. The fourth-order valence-electron chi connectivity index (χ4n) is 4.91. The molecule has 0 spiro atoms. The summed E-state index contributed by atoms with van der Waals surface area (Å²) in [7, 11) is 3.24. The van der Waals surface area contributed by atoms with Crippen LogP contribution in [0, 0.1) is 0 Å². The maximum atomic E-state index is 13.5. The zero-order chi connectivity index (χ0) is 30.4. The van der Waals surface area contributed by atoms with Crippen molar-refractivity contribution < 1.29 is 33.7 Å². The molecular weight excluding hydrogens is 522 g/mol. The maximum Gasteiger partial charge on any atom is 0.306 e. The number of para-hydroxylation sites is 1. The van der Waals surface area contributed by atoms with Crippen LogP contribution in [0.5, 0.6) is 11.5 Å². The van der Waals surface area contributed by atoms with Gasteiger partial charge in [0.15, 0.2) is 11.5 Å². The number of esters is 1. The number of hydrogen-bond acceptors (Lipinski definition) is 6. The molecule has 41 heavy (non-hydrogen) atoms. The van der Waals surface area contributed by atoms with Crippen molar-refractivity contribution in [2.75, 3.05) is 26.1 Å². The summed E-state index contributed by atoms with van der Waals surface area (Å²) in [4.78, 5) is 35.8. The third-order valence-corrected chi connectivity index (χ3v) is 7.04. The highest BCUT2D eigenvalue weighted by molar-refractivity contribution is 5.92. The lowest BCUT2D eigenvalue weighted by Crippen LogP contribution is -2.21. The van der Waals surface area contributed by atoms with Crippen molar-refractivity contribution in [2.45, 2.75) is 96.8 Å². The number of hydrogen-bond donors (Lipinski definition) is 2. The number of nitrogens with one attached hydrogen (secondary N) is 1. The number of methoxy groups -OCH3 is 2. The molecule has 0 saturated heterocycles. The molecule has 0 bridgehead atoms. The van der Waals surface area contributed by atoms with Crippen LogP contribution in [0.15, 0.2) is 36.4 Å². The lowest BCUT2D eigenvalue weighted by atomic mass is 9.84. The standard InChI is InChI=1S/C33H47NO7/c1-7-8-9-13-24(25-14-10-15-28(39-5)32(25)40-6)22-29(35)34-27-21-23(16-17-26(27)33(2,3)4)12-11-20-41-31(38)19-18-30(36)37/h10,14-17,21,24H,7-9,11-13,18-20,22H2,1-6H3,(H,34,35)(H,36,37). The summed E-state index contributed by atoms with van der Waals surface area (Å²) in [6.07, 6.45) is 5.25. The lowest BCUT2D eigenvalue weighted by molar-refractivity contribution is -0.147. The SMILES string of the molecule is CCCCCC(CC(=O)Nc1cc(CCCOC(=O)CCC(=O)O)ccc1C(C)(C)C)c1cccc(OC)c1OC. The van der Waals surface area contributed by atoms with Crippen molar-refractivity contribution in [3.8, 4) is 11.5 Å². The van der Waals surface area contributed by atoms with E-state index < -0.39 is 11.9 Å². The van der Waals surface area contributed by atoms with Gasteiger partial charge in [0.1, 0.15) is 0 Å². The van der Waals surface area contributed by atoms with Crippen molar-refractivity contribution in [1.29, 1.82) is 0 Å². The van der Waals surface area contributed by atoms with E-state index in [0.717, 1.165) is 48.1 Å². The smallest absolute Gasteiger partial charge is 0.306 e. The summed E-state index contributed by atoms with van der Waals surface area (Å²) in [6.45, 7) is 8.72. The highest BCUT2D eigenvalue weighted by Gasteiger charge is 2.24. The Morgan fingerprint density at radius 3 is 2.37 bits per heavy atom. The summed E-state index contributed by atoms with van der Waals surface area (Å²) in [5.41, 5.74) is 3.63. The van der Waals surface area contributed by atoms with E-state index in [0.29, 0.717) is 30.8 Å². The van der Waals surface area contributed by atoms with Crippen molar-refractivity contribution in [1.82, 2.24) is 0 Å². The van der Waals surface area contributed by atoms with Crippen molar-refractivity contribution in [3.63, 3.8) is 0 Å². The average Bonchev–Trinajstić information content (AvgIpc) is 2.92. The summed E-state index contributed by atoms with van der Waals surface area (Å²) in [5, 5.41) is 11.9. The Morgan fingerprint density at radius 2 is 1.73 bits per heavy atom. The van der Waals surface area contributed by atoms with Gasteiger partial charge in [0.25, 0.3) is 0 Å². The molecule has 2 rings (SSSR count). The number of anilines is 1. The minimum Gasteiger partial charge on any atom is -0.493 e. The second-order valence-corrected chi connectivity index (χ2v) is 11.4. The lowest BCUT2D eigenvalue weighted by Gasteiger charge is -2.25. The summed E-state index contributed by atoms with van der Waals surface area (Å²) in [6, 6.07) is 11.9. The van der Waals surface area contributed by atoms with Crippen LogP contribution in [-0.4, -0.2) is 43.8 Å². The number of aliphatic carboxylic acids is 1. The van der Waals surface area contributed by atoms with Gasteiger partial charge in [-0.25, -0.2) is 0 Å². The van der Waals surface area contributed by atoms with Crippen LogP contribution in [0.4, 0.5) is 5.69 Å². The molecule has 0 aliphatic rings. The Labute approximate surface area is 244 Å². The van der Waals surface area contributed by atoms with Gasteiger partial charge in [-0.2, -0.15) is 0 Å². The molecule has 0 radical (unpaired) electrons. The van der Waals surface area contributed by atoms with E-state index in [1.807, 2.05) is 36.4 Å². The largest absolute Gasteiger partial charge is 0.493 e. The molecule has 2 aromatic rings. The van der Waals surface area contributed by atoms with E-state index >= 15 is 0 Å². The summed E-state index contributed by atoms with van der Waals surface area (Å²) >= 11 is 0. The highest BCUT2D eigenvalue weighted by atomic mass is 16.5. The van der Waals surface area contributed by atoms with Crippen molar-refractivity contribution in [2.24, 2.45) is 0 Å². The number of amides is 1. The van der Waals surface area contributed by atoms with Crippen LogP contribution in [0.2, 0.25) is 0 Å². The van der Waals surface area contributed by atoms with E-state index in [1.165, 1.54) is 0 Å². The summed E-state index contributed by atoms with van der Waals surface area (Å²) < 4.78 is 16.4. The van der Waals surface area contributed by atoms with Crippen LogP contribution in [0.25, 0.3) is 0 Å². The van der Waals surface area contributed by atoms with Gasteiger partial charge in [-0.3, -0.25) is 14.4 Å². The molecule has 1 amide bonds. The molecule has 0 aliphatic heterocycles. The van der Waals surface area contributed by atoms with E-state index in [2.05, 4.69) is 33.0 Å². The normalized spacial score (nSPS) is 12.0. The predicted octanol–water partition coefficient (Wildman–Crippen LogP) is 7.03. The van der Waals surface area contributed by atoms with Crippen molar-refractivity contribution >= 4 is 23.5 Å². The van der Waals surface area contributed by atoms with E-state index in [1.54, 1.807) is 14.2 Å². The number of ether oxygens (including phenoxy) is 3. The van der Waals surface area contributed by atoms with Crippen LogP contribution in [0.3, 0.4) is 0 Å². The Balaban J connectivity index is 2.18. The minimum atomic E-state index is -1.02. The van der Waals surface area contributed by atoms with Crippen LogP contribution in [0.1, 0.15) is 102 Å². The van der Waals surface area contributed by atoms with E-state index in [-0.39, 0.29) is 36.7 Å². The van der Waals surface area contributed by atoms with Gasteiger partial charge in [0.05, 0.1) is 33.7 Å². The molecule has 0 aliphatic carbocycles. The first-order chi connectivity index (χ1) is 19.5.